The fourth-order valence-corrected chi connectivity index (χ4v) is 3.63. The molecule has 0 bridgehead atoms. The highest BCUT2D eigenvalue weighted by Crippen LogP contribution is 2.19. The highest BCUT2D eigenvalue weighted by molar-refractivity contribution is 6.23. The second-order valence-electron chi connectivity index (χ2n) is 7.08. The van der Waals surface area contributed by atoms with Crippen LogP contribution in [0.5, 0.6) is 0 Å². The van der Waals surface area contributed by atoms with E-state index in [-0.39, 0.29) is 12.6 Å². The van der Waals surface area contributed by atoms with Crippen LogP contribution in [0.3, 0.4) is 0 Å². The first-order valence-electron chi connectivity index (χ1n) is 9.43. The lowest BCUT2D eigenvalue weighted by Gasteiger charge is -2.33. The molecule has 3 aliphatic rings. The van der Waals surface area contributed by atoms with Gasteiger partial charge in [-0.25, -0.2) is 14.2 Å². The highest BCUT2D eigenvalue weighted by atomic mass is 16.6. The summed E-state index contributed by atoms with van der Waals surface area (Å²) in [5.74, 6) is -0.257. The molecule has 3 rings (SSSR count). The molecule has 29 heavy (non-hydrogen) atoms. The Labute approximate surface area is 168 Å². The van der Waals surface area contributed by atoms with E-state index in [1.807, 2.05) is 0 Å². The summed E-state index contributed by atoms with van der Waals surface area (Å²) in [5, 5.41) is 0. The number of fused-ring (bicyclic) bond motifs is 1. The van der Waals surface area contributed by atoms with E-state index in [0.717, 1.165) is 4.90 Å². The molecule has 0 aromatic heterocycles. The molecule has 0 aliphatic carbocycles. The second-order valence-corrected chi connectivity index (χ2v) is 7.08. The number of hydrogen-bond donors (Lipinski definition) is 1. The van der Waals surface area contributed by atoms with Crippen molar-refractivity contribution in [3.63, 3.8) is 0 Å². The minimum atomic E-state index is -0.856. The van der Waals surface area contributed by atoms with Crippen molar-refractivity contribution in [3.8, 4) is 0 Å². The Balaban J connectivity index is 1.78. The van der Waals surface area contributed by atoms with E-state index in [0.29, 0.717) is 51.0 Å². The number of ether oxygens (including phenoxy) is 1. The van der Waals surface area contributed by atoms with Crippen LogP contribution < -0.4 is 5.73 Å². The van der Waals surface area contributed by atoms with Gasteiger partial charge in [-0.05, 0) is 11.9 Å². The van der Waals surface area contributed by atoms with Crippen LogP contribution in [0.4, 0.5) is 9.59 Å². The number of nitrogens with zero attached hydrogens (tertiary/aromatic N) is 6. The molecule has 2 saturated heterocycles. The molecule has 0 aromatic rings. The Bertz CT molecular complexity index is 800. The zero-order chi connectivity index (χ0) is 21.3. The maximum Gasteiger partial charge on any atom is 0.409 e. The van der Waals surface area contributed by atoms with Crippen LogP contribution in [0, 0.1) is 0 Å². The largest absolute Gasteiger partial charge is 0.450 e. The van der Waals surface area contributed by atoms with Gasteiger partial charge in [-0.15, -0.1) is 0 Å². The SMILES string of the molecule is CCOC(=O)N1CCN(CC2=[N+](CC(N)=O)C3C(=O)N(C)C(=O)N(C)C3=N2)CC1. The zero-order valence-corrected chi connectivity index (χ0v) is 16.8. The van der Waals surface area contributed by atoms with Crippen molar-refractivity contribution < 1.29 is 28.5 Å². The normalized spacial score (nSPS) is 22.8. The van der Waals surface area contributed by atoms with Crippen molar-refractivity contribution in [3.05, 3.63) is 0 Å². The van der Waals surface area contributed by atoms with E-state index >= 15 is 0 Å². The first-order valence-corrected chi connectivity index (χ1v) is 9.43. The quantitative estimate of drug-likeness (QED) is 0.522. The van der Waals surface area contributed by atoms with Gasteiger partial charge in [0.15, 0.2) is 6.54 Å². The van der Waals surface area contributed by atoms with E-state index in [9.17, 15) is 19.2 Å². The molecule has 2 N–H and O–H groups in total. The molecule has 0 radical (unpaired) electrons. The summed E-state index contributed by atoms with van der Waals surface area (Å²) in [5.41, 5.74) is 5.39. The third kappa shape index (κ3) is 3.92. The first kappa shape index (κ1) is 20.7. The maximum atomic E-state index is 12.7. The number of amides is 5. The number of aliphatic imine (C=N–C) groups is 1. The van der Waals surface area contributed by atoms with Crippen molar-refractivity contribution in [2.24, 2.45) is 10.7 Å². The predicted molar refractivity (Wildman–Crippen MR) is 102 cm³/mol. The molecule has 0 saturated carbocycles. The monoisotopic (exact) mass is 408 g/mol. The van der Waals surface area contributed by atoms with Crippen LogP contribution in [0.2, 0.25) is 0 Å². The number of carbonyl (C=O) groups excluding carboxylic acids is 4. The third-order valence-corrected chi connectivity index (χ3v) is 5.20. The minimum absolute atomic E-state index is 0.183. The summed E-state index contributed by atoms with van der Waals surface area (Å²) in [6.45, 7) is 4.45. The number of piperazine rings is 1. The molecule has 12 nitrogen and oxygen atoms in total. The van der Waals surface area contributed by atoms with Crippen molar-refractivity contribution >= 4 is 35.6 Å². The molecule has 3 aliphatic heterocycles. The van der Waals surface area contributed by atoms with E-state index < -0.39 is 23.9 Å². The molecule has 5 amide bonds. The Kier molecular flexibility index (Phi) is 5.82. The van der Waals surface area contributed by atoms with Gasteiger partial charge < -0.3 is 15.4 Å². The van der Waals surface area contributed by atoms with E-state index in [1.54, 1.807) is 23.4 Å². The lowest BCUT2D eigenvalue weighted by Crippen LogP contribution is -2.62. The number of likely N-dealkylation sites (N-methyl/N-ethyl adjacent to an activating group) is 2. The summed E-state index contributed by atoms with van der Waals surface area (Å²) < 4.78 is 6.57. The Morgan fingerprint density at radius 2 is 1.83 bits per heavy atom. The molecular weight excluding hydrogens is 382 g/mol. The number of hydrogen-bond acceptors (Lipinski definition) is 7. The van der Waals surface area contributed by atoms with Gasteiger partial charge in [0.2, 0.25) is 0 Å². The Morgan fingerprint density at radius 1 is 1.17 bits per heavy atom. The van der Waals surface area contributed by atoms with Gasteiger partial charge in [0.05, 0.1) is 6.61 Å². The van der Waals surface area contributed by atoms with Gasteiger partial charge in [-0.1, -0.05) is 0 Å². The number of rotatable bonds is 5. The lowest BCUT2D eigenvalue weighted by atomic mass is 10.1. The van der Waals surface area contributed by atoms with Crippen LogP contribution in [0.1, 0.15) is 6.92 Å². The molecule has 1 atom stereocenters. The van der Waals surface area contributed by atoms with E-state index in [4.69, 9.17) is 10.5 Å². The van der Waals surface area contributed by atoms with Crippen molar-refractivity contribution in [2.75, 3.05) is 60.0 Å². The Morgan fingerprint density at radius 3 is 2.41 bits per heavy atom. The number of carbonyl (C=O) groups is 4. The van der Waals surface area contributed by atoms with Crippen LogP contribution >= 0.6 is 0 Å². The summed E-state index contributed by atoms with van der Waals surface area (Å²) in [6, 6.07) is -1.33. The summed E-state index contributed by atoms with van der Waals surface area (Å²) in [4.78, 5) is 58.9. The molecule has 1 unspecified atom stereocenters. The topological polar surface area (TPSA) is 132 Å². The molecule has 3 heterocycles. The van der Waals surface area contributed by atoms with Gasteiger partial charge in [0.25, 0.3) is 23.7 Å². The molecule has 0 aromatic carbocycles. The summed E-state index contributed by atoms with van der Waals surface area (Å²) >= 11 is 0. The maximum absolute atomic E-state index is 12.7. The minimum Gasteiger partial charge on any atom is -0.450 e. The van der Waals surface area contributed by atoms with Gasteiger partial charge in [-0.2, -0.15) is 0 Å². The van der Waals surface area contributed by atoms with Gasteiger partial charge in [-0.3, -0.25) is 24.3 Å². The number of nitrogens with two attached hydrogens (primary N) is 1. The van der Waals surface area contributed by atoms with Crippen LogP contribution in [0.15, 0.2) is 4.99 Å². The van der Waals surface area contributed by atoms with E-state index in [2.05, 4.69) is 9.89 Å². The van der Waals surface area contributed by atoms with Crippen LogP contribution in [-0.4, -0.2) is 126 Å². The van der Waals surface area contributed by atoms with Gasteiger partial charge in [0.1, 0.15) is 6.54 Å². The number of urea groups is 1. The van der Waals surface area contributed by atoms with Crippen LogP contribution in [-0.2, 0) is 14.3 Å². The van der Waals surface area contributed by atoms with Crippen molar-refractivity contribution in [1.82, 2.24) is 19.6 Å². The molecule has 12 heteroatoms. The van der Waals surface area contributed by atoms with Crippen molar-refractivity contribution in [2.45, 2.75) is 13.0 Å². The second kappa shape index (κ2) is 8.15. The van der Waals surface area contributed by atoms with Crippen LogP contribution in [0.25, 0.3) is 0 Å². The van der Waals surface area contributed by atoms with Crippen molar-refractivity contribution in [1.29, 1.82) is 0 Å². The van der Waals surface area contributed by atoms with Gasteiger partial charge in [0, 0.05) is 40.3 Å². The lowest BCUT2D eigenvalue weighted by molar-refractivity contribution is -0.525. The summed E-state index contributed by atoms with van der Waals surface area (Å²) in [7, 11) is 2.94. The average molecular weight is 408 g/mol. The molecule has 2 fully saturated rings. The third-order valence-electron chi connectivity index (χ3n) is 5.20. The zero-order valence-electron chi connectivity index (χ0n) is 16.8. The van der Waals surface area contributed by atoms with Gasteiger partial charge >= 0.3 is 18.0 Å². The highest BCUT2D eigenvalue weighted by Gasteiger charge is 2.53. The van der Waals surface area contributed by atoms with E-state index in [1.165, 1.54) is 11.9 Å². The number of imide groups is 1. The number of primary amides is 1. The Hall–Kier alpha value is -3.02. The number of amidine groups is 2. The first-order chi connectivity index (χ1) is 13.7. The molecule has 158 valence electrons. The molecule has 0 spiro atoms. The standard InChI is InChI=1S/C17H25N7O5/c1-4-29-17(28)23-7-5-22(6-8-23)10-12-19-14-13(24(12)9-11(18)25)15(26)21(3)16(27)20(14)2/h13H,4-10H2,1-3H3,(H-,18,25)/p+1. The molecular formula is C17H26N7O5+. The smallest absolute Gasteiger partial charge is 0.409 e. The fraction of sp³-hybridized carbons (Fsp3) is 0.647. The summed E-state index contributed by atoms with van der Waals surface area (Å²) in [6.07, 6.45) is -0.337. The average Bonchev–Trinajstić information content (AvgIpc) is 3.03. The fourth-order valence-electron chi connectivity index (χ4n) is 3.63. The predicted octanol–water partition coefficient (Wildman–Crippen LogP) is -2.04.